The van der Waals surface area contributed by atoms with Crippen molar-refractivity contribution in [2.45, 2.75) is 18.8 Å². The molecule has 2 aliphatic carbocycles. The summed E-state index contributed by atoms with van der Waals surface area (Å²) in [5.74, 6) is -0.456. The van der Waals surface area contributed by atoms with Gasteiger partial charge in [-0.1, -0.05) is 29.8 Å². The molecule has 104 valence electrons. The lowest BCUT2D eigenvalue weighted by Crippen LogP contribution is -2.25. The molecule has 4 rings (SSSR count). The molecule has 0 saturated carbocycles. The Morgan fingerprint density at radius 3 is 2.43 bits per heavy atom. The number of halogens is 2. The van der Waals surface area contributed by atoms with E-state index in [0.717, 1.165) is 23.1 Å². The van der Waals surface area contributed by atoms with Crippen LogP contribution in [0.25, 0.3) is 6.08 Å². The third-order valence-electron chi connectivity index (χ3n) is 4.71. The van der Waals surface area contributed by atoms with E-state index < -0.39 is 0 Å². The van der Waals surface area contributed by atoms with E-state index in [2.05, 4.69) is 19.1 Å². The standard InChI is InChI=1S/C19H14F2/c1-12-8-9-19(14-2-4-15(20)5-3-14)17-7-6-16(21)10-13(17)11-18(12)19/h2-8,10-11H,9H2,1H3. The van der Waals surface area contributed by atoms with Crippen LogP contribution >= 0.6 is 0 Å². The molecule has 21 heavy (non-hydrogen) atoms. The third-order valence-corrected chi connectivity index (χ3v) is 4.71. The van der Waals surface area contributed by atoms with Crippen molar-refractivity contribution in [3.05, 3.63) is 88.0 Å². The molecule has 0 aromatic heterocycles. The van der Waals surface area contributed by atoms with Crippen LogP contribution in [0.4, 0.5) is 8.78 Å². The van der Waals surface area contributed by atoms with Crippen molar-refractivity contribution in [3.8, 4) is 0 Å². The minimum atomic E-state index is -0.277. The fourth-order valence-corrected chi connectivity index (χ4v) is 3.72. The Hall–Kier alpha value is -2.22. The topological polar surface area (TPSA) is 0 Å². The molecule has 0 saturated heterocycles. The predicted molar refractivity (Wildman–Crippen MR) is 79.9 cm³/mol. The Morgan fingerprint density at radius 1 is 0.952 bits per heavy atom. The highest BCUT2D eigenvalue weighted by atomic mass is 19.1. The van der Waals surface area contributed by atoms with Crippen LogP contribution in [0.5, 0.6) is 0 Å². The zero-order chi connectivity index (χ0) is 14.6. The van der Waals surface area contributed by atoms with E-state index in [9.17, 15) is 8.78 Å². The average molecular weight is 280 g/mol. The van der Waals surface area contributed by atoms with Crippen molar-refractivity contribution in [2.24, 2.45) is 0 Å². The molecular formula is C19H14F2. The first-order valence-corrected chi connectivity index (χ1v) is 7.07. The van der Waals surface area contributed by atoms with Gasteiger partial charge in [-0.3, -0.25) is 0 Å². The van der Waals surface area contributed by atoms with Gasteiger partial charge in [0.15, 0.2) is 0 Å². The van der Waals surface area contributed by atoms with Gasteiger partial charge >= 0.3 is 0 Å². The summed E-state index contributed by atoms with van der Waals surface area (Å²) < 4.78 is 26.8. The number of allylic oxidation sites excluding steroid dienone is 3. The van der Waals surface area contributed by atoms with Crippen LogP contribution in [0.2, 0.25) is 0 Å². The van der Waals surface area contributed by atoms with Gasteiger partial charge in [0.25, 0.3) is 0 Å². The summed E-state index contributed by atoms with van der Waals surface area (Å²) in [4.78, 5) is 0. The fraction of sp³-hybridized carbons (Fsp3) is 0.158. The van der Waals surface area contributed by atoms with Gasteiger partial charge in [0, 0.05) is 5.41 Å². The van der Waals surface area contributed by atoms with E-state index in [0.29, 0.717) is 0 Å². The number of hydrogen-bond donors (Lipinski definition) is 0. The van der Waals surface area contributed by atoms with Crippen LogP contribution in [0.3, 0.4) is 0 Å². The summed E-state index contributed by atoms with van der Waals surface area (Å²) in [6, 6.07) is 11.6. The Balaban J connectivity index is 1.99. The highest BCUT2D eigenvalue weighted by molar-refractivity contribution is 5.79. The third kappa shape index (κ3) is 1.59. The molecule has 0 fully saturated rings. The summed E-state index contributed by atoms with van der Waals surface area (Å²) in [7, 11) is 0. The first kappa shape index (κ1) is 12.5. The second-order valence-corrected chi connectivity index (χ2v) is 5.79. The van der Waals surface area contributed by atoms with Crippen LogP contribution in [-0.2, 0) is 5.41 Å². The highest BCUT2D eigenvalue weighted by Crippen LogP contribution is 2.55. The van der Waals surface area contributed by atoms with E-state index >= 15 is 0 Å². The van der Waals surface area contributed by atoms with Crippen molar-refractivity contribution >= 4 is 6.08 Å². The van der Waals surface area contributed by atoms with Gasteiger partial charge in [0.05, 0.1) is 0 Å². The van der Waals surface area contributed by atoms with Gasteiger partial charge in [-0.05, 0) is 65.9 Å². The molecule has 0 amide bonds. The fourth-order valence-electron chi connectivity index (χ4n) is 3.72. The van der Waals surface area contributed by atoms with Crippen molar-refractivity contribution in [1.29, 1.82) is 0 Å². The van der Waals surface area contributed by atoms with E-state index in [1.807, 2.05) is 18.2 Å². The van der Waals surface area contributed by atoms with Crippen molar-refractivity contribution < 1.29 is 8.78 Å². The normalized spacial score (nSPS) is 22.6. The summed E-state index contributed by atoms with van der Waals surface area (Å²) in [6.07, 6.45) is 5.12. The zero-order valence-electron chi connectivity index (χ0n) is 11.7. The molecule has 2 aliphatic rings. The quantitative estimate of drug-likeness (QED) is 0.689. The van der Waals surface area contributed by atoms with Gasteiger partial charge in [0.2, 0.25) is 0 Å². The number of rotatable bonds is 1. The molecule has 2 heteroatoms. The van der Waals surface area contributed by atoms with Crippen LogP contribution < -0.4 is 0 Å². The first-order valence-electron chi connectivity index (χ1n) is 7.07. The molecule has 0 N–H and O–H groups in total. The lowest BCUT2D eigenvalue weighted by Gasteiger charge is -2.30. The van der Waals surface area contributed by atoms with Crippen molar-refractivity contribution in [3.63, 3.8) is 0 Å². The minimum absolute atomic E-state index is 0.221. The van der Waals surface area contributed by atoms with Gasteiger partial charge in [0.1, 0.15) is 11.6 Å². The van der Waals surface area contributed by atoms with Crippen LogP contribution in [0.1, 0.15) is 30.0 Å². The van der Waals surface area contributed by atoms with E-state index in [1.165, 1.54) is 29.3 Å². The molecule has 1 unspecified atom stereocenters. The Labute approximate surface area is 122 Å². The predicted octanol–water partition coefficient (Wildman–Crippen LogP) is 5.00. The van der Waals surface area contributed by atoms with Crippen LogP contribution in [-0.4, -0.2) is 0 Å². The molecule has 0 spiro atoms. The summed E-state index contributed by atoms with van der Waals surface area (Å²) in [6.45, 7) is 2.08. The summed E-state index contributed by atoms with van der Waals surface area (Å²) in [5.41, 5.74) is 5.25. The molecular weight excluding hydrogens is 266 g/mol. The van der Waals surface area contributed by atoms with Gasteiger partial charge in [-0.2, -0.15) is 0 Å². The maximum absolute atomic E-state index is 13.5. The number of hydrogen-bond acceptors (Lipinski definition) is 0. The minimum Gasteiger partial charge on any atom is -0.207 e. The number of benzene rings is 2. The molecule has 0 nitrogen and oxygen atoms in total. The van der Waals surface area contributed by atoms with Crippen molar-refractivity contribution in [2.75, 3.05) is 0 Å². The van der Waals surface area contributed by atoms with E-state index in [1.54, 1.807) is 6.07 Å². The number of fused-ring (bicyclic) bond motifs is 3. The Bertz CT molecular complexity index is 797. The van der Waals surface area contributed by atoms with E-state index in [4.69, 9.17) is 0 Å². The molecule has 0 heterocycles. The molecule has 2 aromatic carbocycles. The second-order valence-electron chi connectivity index (χ2n) is 5.79. The lowest BCUT2D eigenvalue weighted by atomic mass is 9.72. The zero-order valence-corrected chi connectivity index (χ0v) is 11.7. The Morgan fingerprint density at radius 2 is 1.67 bits per heavy atom. The van der Waals surface area contributed by atoms with Gasteiger partial charge in [-0.15, -0.1) is 0 Å². The average Bonchev–Trinajstić information content (AvgIpc) is 2.96. The van der Waals surface area contributed by atoms with Crippen molar-refractivity contribution in [1.82, 2.24) is 0 Å². The Kier molecular flexibility index (Phi) is 2.47. The van der Waals surface area contributed by atoms with Crippen LogP contribution in [0.15, 0.2) is 59.7 Å². The molecule has 0 bridgehead atoms. The molecule has 0 aliphatic heterocycles. The van der Waals surface area contributed by atoms with Crippen LogP contribution in [0, 0.1) is 11.6 Å². The summed E-state index contributed by atoms with van der Waals surface area (Å²) in [5, 5.41) is 0. The second kappa shape index (κ2) is 4.14. The highest BCUT2D eigenvalue weighted by Gasteiger charge is 2.45. The maximum atomic E-state index is 13.5. The molecule has 2 aromatic rings. The van der Waals surface area contributed by atoms with Gasteiger partial charge < -0.3 is 0 Å². The lowest BCUT2D eigenvalue weighted by molar-refractivity contribution is 0.614. The SMILES string of the molecule is CC1=CCC2(c3ccc(F)cc3)C1=Cc1cc(F)ccc12. The monoisotopic (exact) mass is 280 g/mol. The maximum Gasteiger partial charge on any atom is 0.123 e. The first-order chi connectivity index (χ1) is 10.1. The molecule has 0 radical (unpaired) electrons. The van der Waals surface area contributed by atoms with Gasteiger partial charge in [-0.25, -0.2) is 8.78 Å². The molecule has 1 atom stereocenters. The smallest absolute Gasteiger partial charge is 0.123 e. The largest absolute Gasteiger partial charge is 0.207 e. The summed E-state index contributed by atoms with van der Waals surface area (Å²) >= 11 is 0. The van der Waals surface area contributed by atoms with E-state index in [-0.39, 0.29) is 17.0 Å².